The van der Waals surface area contributed by atoms with E-state index in [0.717, 1.165) is 23.3 Å². The van der Waals surface area contributed by atoms with Crippen LogP contribution in [0.25, 0.3) is 10.4 Å². The molecule has 0 unspecified atom stereocenters. The van der Waals surface area contributed by atoms with E-state index in [4.69, 9.17) is 0 Å². The van der Waals surface area contributed by atoms with Crippen LogP contribution in [0.1, 0.15) is 35.0 Å². The van der Waals surface area contributed by atoms with Crippen molar-refractivity contribution in [2.45, 2.75) is 26.7 Å². The molecule has 0 aliphatic rings. The highest BCUT2D eigenvalue weighted by atomic mass is 32.1. The smallest absolute Gasteiger partial charge is 0.261 e. The normalized spacial score (nSPS) is 10.5. The van der Waals surface area contributed by atoms with Crippen molar-refractivity contribution in [3.05, 3.63) is 45.2 Å². The van der Waals surface area contributed by atoms with Crippen LogP contribution in [0.15, 0.2) is 29.2 Å². The molecule has 0 aliphatic heterocycles. The number of thiophene rings is 1. The maximum Gasteiger partial charge on any atom is 0.261 e. The van der Waals surface area contributed by atoms with Crippen molar-refractivity contribution in [3.63, 3.8) is 0 Å². The minimum absolute atomic E-state index is 0.0316. The molecule has 0 bridgehead atoms. The summed E-state index contributed by atoms with van der Waals surface area (Å²) in [6.07, 6.45) is 3.73. The van der Waals surface area contributed by atoms with Gasteiger partial charge in [0, 0.05) is 28.7 Å². The van der Waals surface area contributed by atoms with E-state index in [-0.39, 0.29) is 11.5 Å². The van der Waals surface area contributed by atoms with Crippen molar-refractivity contribution in [1.29, 1.82) is 0 Å². The third kappa shape index (κ3) is 3.36. The summed E-state index contributed by atoms with van der Waals surface area (Å²) in [5, 5.41) is 2.90. The summed E-state index contributed by atoms with van der Waals surface area (Å²) in [5.41, 5.74) is 1.52. The number of aromatic nitrogens is 1. The van der Waals surface area contributed by atoms with Gasteiger partial charge in [-0.1, -0.05) is 13.3 Å². The molecule has 5 heteroatoms. The molecule has 2 N–H and O–H groups in total. The molecule has 0 fully saturated rings. The van der Waals surface area contributed by atoms with Crippen molar-refractivity contribution in [2.75, 3.05) is 6.54 Å². The fraction of sp³-hybridized carbons (Fsp3) is 0.333. The maximum atomic E-state index is 11.9. The molecule has 0 aliphatic carbocycles. The Balaban J connectivity index is 2.14. The zero-order valence-corrected chi connectivity index (χ0v) is 12.5. The van der Waals surface area contributed by atoms with Crippen LogP contribution in [0.2, 0.25) is 0 Å². The predicted molar refractivity (Wildman–Crippen MR) is 82.4 cm³/mol. The summed E-state index contributed by atoms with van der Waals surface area (Å²) in [4.78, 5) is 27.6. The van der Waals surface area contributed by atoms with E-state index in [2.05, 4.69) is 17.2 Å². The summed E-state index contributed by atoms with van der Waals surface area (Å²) in [6, 6.07) is 5.57. The number of aromatic amines is 1. The number of amides is 1. The highest BCUT2D eigenvalue weighted by Gasteiger charge is 2.10. The number of aryl methyl sites for hydroxylation is 1. The topological polar surface area (TPSA) is 62.0 Å². The fourth-order valence-corrected chi connectivity index (χ4v) is 2.73. The molecule has 2 heterocycles. The van der Waals surface area contributed by atoms with Gasteiger partial charge in [-0.2, -0.15) is 0 Å². The zero-order chi connectivity index (χ0) is 14.5. The monoisotopic (exact) mass is 290 g/mol. The quantitative estimate of drug-likeness (QED) is 0.832. The van der Waals surface area contributed by atoms with Crippen molar-refractivity contribution in [3.8, 4) is 10.4 Å². The molecule has 0 saturated carbocycles. The molecule has 1 amide bonds. The summed E-state index contributed by atoms with van der Waals surface area (Å²) in [7, 11) is 0. The first-order chi connectivity index (χ1) is 9.61. The third-order valence-corrected chi connectivity index (χ3v) is 4.15. The van der Waals surface area contributed by atoms with E-state index in [1.54, 1.807) is 13.1 Å². The number of pyridine rings is 1. The Bertz CT molecular complexity index is 658. The minimum Gasteiger partial charge on any atom is -0.351 e. The van der Waals surface area contributed by atoms with Gasteiger partial charge in [0.05, 0.1) is 4.88 Å². The number of carbonyl (C=O) groups is 1. The first-order valence-corrected chi connectivity index (χ1v) is 7.51. The lowest BCUT2D eigenvalue weighted by Crippen LogP contribution is -2.23. The Kier molecular flexibility index (Phi) is 4.74. The molecule has 0 spiro atoms. The highest BCUT2D eigenvalue weighted by molar-refractivity contribution is 7.17. The molecule has 4 nitrogen and oxygen atoms in total. The molecule has 0 atom stereocenters. The highest BCUT2D eigenvalue weighted by Crippen LogP contribution is 2.27. The zero-order valence-electron chi connectivity index (χ0n) is 11.7. The van der Waals surface area contributed by atoms with E-state index >= 15 is 0 Å². The number of carbonyl (C=O) groups excluding carboxylic acids is 1. The summed E-state index contributed by atoms with van der Waals surface area (Å²) in [5.74, 6) is -0.0316. The maximum absolute atomic E-state index is 11.9. The molecule has 0 saturated heterocycles. The van der Waals surface area contributed by atoms with E-state index in [0.29, 0.717) is 17.0 Å². The number of H-pyrrole nitrogens is 1. The Hall–Kier alpha value is -1.88. The lowest BCUT2D eigenvalue weighted by Gasteiger charge is -2.01. The van der Waals surface area contributed by atoms with Crippen molar-refractivity contribution >= 4 is 17.2 Å². The van der Waals surface area contributed by atoms with E-state index in [1.165, 1.54) is 11.3 Å². The summed E-state index contributed by atoms with van der Waals surface area (Å²) < 4.78 is 0. The SMILES string of the molecule is CCCCNC(=O)c1ccc(-c2c[nH]c(=O)c(C)c2)s1. The summed E-state index contributed by atoms with van der Waals surface area (Å²) in [6.45, 7) is 4.57. The van der Waals surface area contributed by atoms with Gasteiger partial charge >= 0.3 is 0 Å². The van der Waals surface area contributed by atoms with Gasteiger partial charge in [-0.05, 0) is 31.5 Å². The van der Waals surface area contributed by atoms with Gasteiger partial charge in [-0.3, -0.25) is 9.59 Å². The van der Waals surface area contributed by atoms with E-state index in [9.17, 15) is 9.59 Å². The lowest BCUT2D eigenvalue weighted by atomic mass is 10.2. The van der Waals surface area contributed by atoms with Gasteiger partial charge in [0.25, 0.3) is 11.5 Å². The number of rotatable bonds is 5. The van der Waals surface area contributed by atoms with Crippen LogP contribution in [0.5, 0.6) is 0 Å². The van der Waals surface area contributed by atoms with E-state index in [1.807, 2.05) is 18.2 Å². The van der Waals surface area contributed by atoms with Gasteiger partial charge < -0.3 is 10.3 Å². The molecule has 106 valence electrons. The molecule has 0 radical (unpaired) electrons. The molecule has 20 heavy (non-hydrogen) atoms. The molecular weight excluding hydrogens is 272 g/mol. The second-order valence-electron chi connectivity index (χ2n) is 4.67. The third-order valence-electron chi connectivity index (χ3n) is 3.02. The molecule has 2 rings (SSSR count). The van der Waals surface area contributed by atoms with Crippen molar-refractivity contribution < 1.29 is 4.79 Å². The van der Waals surface area contributed by atoms with Crippen LogP contribution >= 0.6 is 11.3 Å². The lowest BCUT2D eigenvalue weighted by molar-refractivity contribution is 0.0957. The largest absolute Gasteiger partial charge is 0.351 e. The Morgan fingerprint density at radius 1 is 1.40 bits per heavy atom. The standard InChI is InChI=1S/C15H18N2O2S/c1-3-4-7-16-15(19)13-6-5-12(20-13)11-8-10(2)14(18)17-9-11/h5-6,8-9H,3-4,7H2,1-2H3,(H,16,19)(H,17,18). The average Bonchev–Trinajstić information content (AvgIpc) is 2.92. The van der Waals surface area contributed by atoms with Crippen LogP contribution < -0.4 is 10.9 Å². The van der Waals surface area contributed by atoms with Crippen LogP contribution in [0.4, 0.5) is 0 Å². The minimum atomic E-state index is -0.0807. The predicted octanol–water partition coefficient (Wildman–Crippen LogP) is 2.94. The Morgan fingerprint density at radius 2 is 2.20 bits per heavy atom. The number of unbranched alkanes of at least 4 members (excludes halogenated alkanes) is 1. The second kappa shape index (κ2) is 6.52. The number of hydrogen-bond donors (Lipinski definition) is 2. The Labute approximate surface area is 121 Å². The van der Waals surface area contributed by atoms with Crippen LogP contribution in [-0.4, -0.2) is 17.4 Å². The molecule has 0 aromatic carbocycles. The van der Waals surface area contributed by atoms with Gasteiger partial charge in [0.1, 0.15) is 0 Å². The van der Waals surface area contributed by atoms with E-state index < -0.39 is 0 Å². The molecule has 2 aromatic heterocycles. The fourth-order valence-electron chi connectivity index (χ4n) is 1.82. The van der Waals surface area contributed by atoms with Gasteiger partial charge in [0.15, 0.2) is 0 Å². The number of nitrogens with one attached hydrogen (secondary N) is 2. The van der Waals surface area contributed by atoms with Gasteiger partial charge in [-0.15, -0.1) is 11.3 Å². The number of hydrogen-bond acceptors (Lipinski definition) is 3. The van der Waals surface area contributed by atoms with Gasteiger partial charge in [0.2, 0.25) is 0 Å². The molecular formula is C15H18N2O2S. The van der Waals surface area contributed by atoms with Crippen LogP contribution in [0.3, 0.4) is 0 Å². The van der Waals surface area contributed by atoms with Crippen molar-refractivity contribution in [1.82, 2.24) is 10.3 Å². The van der Waals surface area contributed by atoms with Crippen LogP contribution in [-0.2, 0) is 0 Å². The first kappa shape index (κ1) is 14.5. The van der Waals surface area contributed by atoms with Crippen LogP contribution in [0, 0.1) is 6.92 Å². The summed E-state index contributed by atoms with van der Waals surface area (Å²) >= 11 is 1.43. The second-order valence-corrected chi connectivity index (χ2v) is 5.76. The van der Waals surface area contributed by atoms with Gasteiger partial charge in [-0.25, -0.2) is 0 Å². The Morgan fingerprint density at radius 3 is 2.90 bits per heavy atom. The molecule has 2 aromatic rings. The van der Waals surface area contributed by atoms with Crippen molar-refractivity contribution in [2.24, 2.45) is 0 Å². The first-order valence-electron chi connectivity index (χ1n) is 6.69. The average molecular weight is 290 g/mol.